The Morgan fingerprint density at radius 1 is 1.22 bits per heavy atom. The first-order valence-corrected chi connectivity index (χ1v) is 11.5. The molecule has 1 saturated heterocycles. The molecule has 1 aromatic heterocycles. The second kappa shape index (κ2) is 7.10. The van der Waals surface area contributed by atoms with Gasteiger partial charge >= 0.3 is 0 Å². The van der Waals surface area contributed by atoms with Gasteiger partial charge in [0.25, 0.3) is 0 Å². The van der Waals surface area contributed by atoms with Crippen molar-refractivity contribution in [3.05, 3.63) is 54.2 Å². The zero-order valence-electron chi connectivity index (χ0n) is 17.9. The maximum absolute atomic E-state index is 13.4. The SMILES string of the molecule is C[C@]12CC3NC(c4ccnc(NC(=O)[C@@H]5C[C@@H]5F)c4)C(Nc4ccccc4)C3C(=O)[C@H]1C2. The number of hydrogen-bond acceptors (Lipinski definition) is 5. The number of fused-ring (bicyclic) bond motifs is 2. The maximum atomic E-state index is 13.4. The van der Waals surface area contributed by atoms with Crippen molar-refractivity contribution in [2.24, 2.45) is 23.2 Å². The number of para-hydroxylation sites is 1. The first-order valence-electron chi connectivity index (χ1n) is 11.5. The summed E-state index contributed by atoms with van der Waals surface area (Å²) >= 11 is 0. The number of alkyl halides is 1. The van der Waals surface area contributed by atoms with Crippen LogP contribution in [0.2, 0.25) is 0 Å². The van der Waals surface area contributed by atoms with Gasteiger partial charge in [0, 0.05) is 23.8 Å². The molecule has 4 fully saturated rings. The van der Waals surface area contributed by atoms with E-state index in [0.29, 0.717) is 11.6 Å². The Bertz CT molecular complexity index is 1080. The van der Waals surface area contributed by atoms with Gasteiger partial charge < -0.3 is 16.0 Å². The van der Waals surface area contributed by atoms with Crippen molar-refractivity contribution in [2.45, 2.75) is 50.5 Å². The van der Waals surface area contributed by atoms with Gasteiger partial charge in [0.05, 0.1) is 23.9 Å². The monoisotopic (exact) mass is 434 g/mol. The van der Waals surface area contributed by atoms with Gasteiger partial charge in [-0.05, 0) is 54.5 Å². The van der Waals surface area contributed by atoms with Crippen LogP contribution >= 0.6 is 0 Å². The molecule has 1 aliphatic heterocycles. The molecule has 1 amide bonds. The van der Waals surface area contributed by atoms with Gasteiger partial charge in [0.1, 0.15) is 17.8 Å². The molecule has 7 heteroatoms. The van der Waals surface area contributed by atoms with Crippen molar-refractivity contribution in [3.8, 4) is 0 Å². The predicted octanol–water partition coefficient (Wildman–Crippen LogP) is 3.49. The molecule has 6 rings (SSSR count). The molecule has 2 heterocycles. The lowest BCUT2D eigenvalue weighted by molar-refractivity contribution is -0.127. The average molecular weight is 435 g/mol. The highest BCUT2D eigenvalue weighted by molar-refractivity contribution is 5.94. The number of amides is 1. The van der Waals surface area contributed by atoms with Crippen molar-refractivity contribution in [3.63, 3.8) is 0 Å². The molecule has 6 nitrogen and oxygen atoms in total. The van der Waals surface area contributed by atoms with Crippen LogP contribution in [0.3, 0.4) is 0 Å². The second-order valence-electron chi connectivity index (χ2n) is 10.2. The van der Waals surface area contributed by atoms with Crippen LogP contribution in [-0.4, -0.2) is 34.9 Å². The van der Waals surface area contributed by atoms with Crippen LogP contribution in [0.25, 0.3) is 0 Å². The Hall–Kier alpha value is -2.80. The number of hydrogen-bond donors (Lipinski definition) is 3. The molecule has 3 aliphatic carbocycles. The molecular weight excluding hydrogens is 407 g/mol. The number of anilines is 2. The van der Waals surface area contributed by atoms with Gasteiger partial charge in [-0.1, -0.05) is 25.1 Å². The summed E-state index contributed by atoms with van der Waals surface area (Å²) in [5, 5.41) is 10.1. The third-order valence-electron chi connectivity index (χ3n) is 7.83. The Balaban J connectivity index is 1.30. The van der Waals surface area contributed by atoms with E-state index in [9.17, 15) is 14.0 Å². The Morgan fingerprint density at radius 2 is 2.00 bits per heavy atom. The highest BCUT2D eigenvalue weighted by atomic mass is 19.1. The van der Waals surface area contributed by atoms with Crippen LogP contribution in [0.1, 0.15) is 37.8 Å². The molecule has 32 heavy (non-hydrogen) atoms. The Morgan fingerprint density at radius 3 is 2.75 bits per heavy atom. The number of rotatable bonds is 5. The molecule has 4 unspecified atom stereocenters. The smallest absolute Gasteiger partial charge is 0.231 e. The molecule has 1 aromatic carbocycles. The number of carbonyl (C=O) groups is 2. The number of carbonyl (C=O) groups excluding carboxylic acids is 2. The summed E-state index contributed by atoms with van der Waals surface area (Å²) in [6.07, 6.45) is 2.88. The van der Waals surface area contributed by atoms with Crippen LogP contribution in [0.5, 0.6) is 0 Å². The standard InChI is InChI=1S/C25H27FN4O2/c1-25-11-16(25)23(31)20-18(12-25)29-21(22(20)28-14-5-3-2-4-6-14)13-7-8-27-19(9-13)30-24(32)15-10-17(15)26/h2-9,15-18,20-22,28-29H,10-12H2,1H3,(H,27,30,32)/t15-,16-,17+,18?,20?,21?,22?,25+/m1/s1. The largest absolute Gasteiger partial charge is 0.380 e. The van der Waals surface area contributed by atoms with Crippen molar-refractivity contribution in [1.82, 2.24) is 10.3 Å². The van der Waals surface area contributed by atoms with Gasteiger partial charge in [0.15, 0.2) is 0 Å². The summed E-state index contributed by atoms with van der Waals surface area (Å²) in [5.41, 5.74) is 2.06. The van der Waals surface area contributed by atoms with E-state index in [1.165, 1.54) is 0 Å². The molecule has 0 radical (unpaired) electrons. The van der Waals surface area contributed by atoms with Gasteiger partial charge in [-0.15, -0.1) is 0 Å². The van der Waals surface area contributed by atoms with Gasteiger partial charge in [-0.25, -0.2) is 9.37 Å². The zero-order valence-corrected chi connectivity index (χ0v) is 17.9. The van der Waals surface area contributed by atoms with Crippen molar-refractivity contribution < 1.29 is 14.0 Å². The number of halogens is 1. The molecule has 8 atom stereocenters. The van der Waals surface area contributed by atoms with Crippen LogP contribution in [0.4, 0.5) is 15.9 Å². The van der Waals surface area contributed by atoms with E-state index in [-0.39, 0.29) is 47.7 Å². The Labute approximate surface area is 186 Å². The first-order chi connectivity index (χ1) is 15.4. The van der Waals surface area contributed by atoms with Gasteiger partial charge in [0.2, 0.25) is 5.91 Å². The highest BCUT2D eigenvalue weighted by Gasteiger charge is 2.65. The van der Waals surface area contributed by atoms with E-state index in [4.69, 9.17) is 0 Å². The molecule has 166 valence electrons. The third-order valence-corrected chi connectivity index (χ3v) is 7.83. The molecule has 4 aliphatic rings. The number of Topliss-reactive ketones (excluding diaryl/α,β-unsaturated/α-hetero) is 1. The van der Waals surface area contributed by atoms with Crippen LogP contribution in [0.15, 0.2) is 48.7 Å². The van der Waals surface area contributed by atoms with E-state index in [1.54, 1.807) is 6.20 Å². The van der Waals surface area contributed by atoms with Crippen molar-refractivity contribution >= 4 is 23.2 Å². The number of pyridine rings is 1. The minimum atomic E-state index is -1.05. The lowest BCUT2D eigenvalue weighted by Crippen LogP contribution is -2.43. The lowest BCUT2D eigenvalue weighted by Gasteiger charge is -2.31. The van der Waals surface area contributed by atoms with Crippen molar-refractivity contribution in [1.29, 1.82) is 0 Å². The molecule has 3 N–H and O–H groups in total. The molecule has 3 saturated carbocycles. The minimum absolute atomic E-state index is 0.106. The van der Waals surface area contributed by atoms with Crippen molar-refractivity contribution in [2.75, 3.05) is 10.6 Å². The van der Waals surface area contributed by atoms with Crippen LogP contribution in [0, 0.1) is 23.2 Å². The quantitative estimate of drug-likeness (QED) is 0.671. The summed E-state index contributed by atoms with van der Waals surface area (Å²) in [6, 6.07) is 13.6. The van der Waals surface area contributed by atoms with Crippen LogP contribution < -0.4 is 16.0 Å². The number of nitrogens with zero attached hydrogens (tertiary/aromatic N) is 1. The maximum Gasteiger partial charge on any atom is 0.231 e. The number of nitrogens with one attached hydrogen (secondary N) is 3. The summed E-state index contributed by atoms with van der Waals surface area (Å²) in [7, 11) is 0. The molecular formula is C25H27FN4O2. The molecule has 0 spiro atoms. The average Bonchev–Trinajstić information content (AvgIpc) is 3.65. The van der Waals surface area contributed by atoms with E-state index in [2.05, 4.69) is 27.9 Å². The summed E-state index contributed by atoms with van der Waals surface area (Å²) in [6.45, 7) is 2.22. The highest BCUT2D eigenvalue weighted by Crippen LogP contribution is 2.62. The summed E-state index contributed by atoms with van der Waals surface area (Å²) in [5.74, 6) is -0.0437. The first kappa shape index (κ1) is 19.9. The lowest BCUT2D eigenvalue weighted by atomic mass is 9.76. The molecule has 2 aromatic rings. The van der Waals surface area contributed by atoms with Gasteiger partial charge in [-0.2, -0.15) is 0 Å². The van der Waals surface area contributed by atoms with E-state index < -0.39 is 12.1 Å². The fourth-order valence-electron chi connectivity index (χ4n) is 5.83. The number of aromatic nitrogens is 1. The fourth-order valence-corrected chi connectivity index (χ4v) is 5.83. The Kier molecular flexibility index (Phi) is 4.41. The number of benzene rings is 1. The molecule has 0 bridgehead atoms. The zero-order chi connectivity index (χ0) is 22.0. The second-order valence-corrected chi connectivity index (χ2v) is 10.2. The predicted molar refractivity (Wildman–Crippen MR) is 119 cm³/mol. The normalized spacial score (nSPS) is 39.1. The van der Waals surface area contributed by atoms with Crippen LogP contribution in [-0.2, 0) is 9.59 Å². The minimum Gasteiger partial charge on any atom is -0.380 e. The number of ketones is 1. The summed E-state index contributed by atoms with van der Waals surface area (Å²) < 4.78 is 13.3. The summed E-state index contributed by atoms with van der Waals surface area (Å²) in [4.78, 5) is 29.8. The van der Waals surface area contributed by atoms with E-state index >= 15 is 0 Å². The fraction of sp³-hybridized carbons (Fsp3) is 0.480. The topological polar surface area (TPSA) is 83.1 Å². The van der Waals surface area contributed by atoms with E-state index in [1.807, 2.05) is 42.5 Å². The van der Waals surface area contributed by atoms with E-state index in [0.717, 1.165) is 24.1 Å². The third kappa shape index (κ3) is 3.30. The van der Waals surface area contributed by atoms with Gasteiger partial charge in [-0.3, -0.25) is 9.59 Å².